The van der Waals surface area contributed by atoms with Crippen molar-refractivity contribution in [3.63, 3.8) is 0 Å². The second kappa shape index (κ2) is 14.1. The molecule has 0 spiro atoms. The van der Waals surface area contributed by atoms with E-state index in [-0.39, 0.29) is 17.3 Å². The van der Waals surface area contributed by atoms with Gasteiger partial charge in [-0.2, -0.15) is 0 Å². The maximum Gasteiger partial charge on any atom is 0.264 e. The van der Waals surface area contributed by atoms with Crippen LogP contribution in [0.3, 0.4) is 0 Å². The van der Waals surface area contributed by atoms with Crippen molar-refractivity contribution in [3.8, 4) is 0 Å². The van der Waals surface area contributed by atoms with Crippen LogP contribution in [0.4, 0.5) is 5.69 Å². The number of carbonyl (C=O) groups excluding carboxylic acids is 2. The molecule has 3 aromatic carbocycles. The fourth-order valence-electron chi connectivity index (χ4n) is 4.70. The van der Waals surface area contributed by atoms with Gasteiger partial charge in [-0.25, -0.2) is 8.42 Å². The lowest BCUT2D eigenvalue weighted by Gasteiger charge is -2.33. The van der Waals surface area contributed by atoms with E-state index in [2.05, 4.69) is 5.32 Å². The Morgan fingerprint density at radius 2 is 1.52 bits per heavy atom. The Kier molecular flexibility index (Phi) is 10.9. The monoisotopic (exact) mass is 563 g/mol. The molecule has 0 aliphatic heterocycles. The predicted molar refractivity (Wildman–Crippen MR) is 161 cm³/mol. The van der Waals surface area contributed by atoms with Crippen molar-refractivity contribution in [2.45, 2.75) is 64.8 Å². The molecule has 3 aromatic rings. The highest BCUT2D eigenvalue weighted by atomic mass is 32.2. The molecule has 0 radical (unpaired) electrons. The molecule has 0 saturated carbocycles. The number of benzene rings is 3. The number of nitrogens with zero attached hydrogens (tertiary/aromatic N) is 2. The van der Waals surface area contributed by atoms with Gasteiger partial charge in [0.25, 0.3) is 10.0 Å². The minimum absolute atomic E-state index is 0.106. The van der Waals surface area contributed by atoms with Gasteiger partial charge in [0.15, 0.2) is 0 Å². The average molecular weight is 564 g/mol. The lowest BCUT2D eigenvalue weighted by molar-refractivity contribution is -0.139. The molecule has 0 fully saturated rings. The molecule has 40 heavy (non-hydrogen) atoms. The first-order valence-corrected chi connectivity index (χ1v) is 15.3. The summed E-state index contributed by atoms with van der Waals surface area (Å²) in [4.78, 5) is 28.9. The first-order chi connectivity index (χ1) is 19.1. The third kappa shape index (κ3) is 7.72. The summed E-state index contributed by atoms with van der Waals surface area (Å²) in [6, 6.07) is 21.1. The minimum atomic E-state index is -4.08. The largest absolute Gasteiger partial charge is 0.354 e. The van der Waals surface area contributed by atoms with Gasteiger partial charge in [-0.15, -0.1) is 0 Å². The summed E-state index contributed by atoms with van der Waals surface area (Å²) in [5, 5.41) is 2.91. The van der Waals surface area contributed by atoms with Gasteiger partial charge < -0.3 is 10.2 Å². The van der Waals surface area contributed by atoms with Crippen LogP contribution < -0.4 is 9.62 Å². The summed E-state index contributed by atoms with van der Waals surface area (Å²) in [7, 11) is -4.08. The van der Waals surface area contributed by atoms with Crippen LogP contribution in [0.5, 0.6) is 0 Å². The zero-order valence-corrected chi connectivity index (χ0v) is 25.0. The van der Waals surface area contributed by atoms with Crippen molar-refractivity contribution >= 4 is 27.5 Å². The molecule has 0 heterocycles. The Morgan fingerprint density at radius 1 is 0.875 bits per heavy atom. The summed E-state index contributed by atoms with van der Waals surface area (Å²) in [5.41, 5.74) is 4.13. The van der Waals surface area contributed by atoms with Crippen LogP contribution in [0.2, 0.25) is 0 Å². The Balaban J connectivity index is 2.03. The van der Waals surface area contributed by atoms with E-state index in [4.69, 9.17) is 0 Å². The standard InChI is InChI=1S/C32H41N3O4S/c1-6-20-33-32(37)29(7-2)34(21-19-27-11-9-8-10-12-27)31(36)23-35(30-18-15-25(4)22-26(30)5)40(38,39)28-16-13-24(3)14-17-28/h8-18,22,29H,6-7,19-21,23H2,1-5H3,(H,33,37)/t29-/m0/s1. The topological polar surface area (TPSA) is 86.8 Å². The number of amides is 2. The molecule has 8 heteroatoms. The molecular weight excluding hydrogens is 522 g/mol. The van der Waals surface area contributed by atoms with E-state index < -0.39 is 28.5 Å². The molecule has 3 rings (SSSR count). The fraction of sp³-hybridized carbons (Fsp3) is 0.375. The van der Waals surface area contributed by atoms with E-state index >= 15 is 0 Å². The van der Waals surface area contributed by atoms with Gasteiger partial charge in [0.05, 0.1) is 10.6 Å². The van der Waals surface area contributed by atoms with E-state index in [1.54, 1.807) is 35.2 Å². The Labute approximate surface area is 239 Å². The number of anilines is 1. The first-order valence-electron chi connectivity index (χ1n) is 13.9. The van der Waals surface area contributed by atoms with E-state index in [0.29, 0.717) is 25.1 Å². The van der Waals surface area contributed by atoms with Crippen molar-refractivity contribution < 1.29 is 18.0 Å². The predicted octanol–water partition coefficient (Wildman–Crippen LogP) is 5.18. The molecule has 0 saturated heterocycles. The maximum absolute atomic E-state index is 14.1. The van der Waals surface area contributed by atoms with Gasteiger partial charge in [-0.05, 0) is 69.4 Å². The lowest BCUT2D eigenvalue weighted by Crippen LogP contribution is -2.53. The molecular formula is C32H41N3O4S. The SMILES string of the molecule is CCCNC(=O)[C@H](CC)N(CCc1ccccc1)C(=O)CN(c1ccc(C)cc1C)S(=O)(=O)c1ccc(C)cc1. The number of nitrogens with one attached hydrogen (secondary N) is 1. The minimum Gasteiger partial charge on any atom is -0.354 e. The van der Waals surface area contributed by atoms with Crippen molar-refractivity contribution in [1.29, 1.82) is 0 Å². The number of aryl methyl sites for hydroxylation is 3. The molecule has 2 amide bonds. The van der Waals surface area contributed by atoms with Gasteiger partial charge in [0, 0.05) is 13.1 Å². The maximum atomic E-state index is 14.1. The fourth-order valence-corrected chi connectivity index (χ4v) is 6.18. The van der Waals surface area contributed by atoms with Crippen LogP contribution in [-0.2, 0) is 26.0 Å². The molecule has 1 N–H and O–H groups in total. The summed E-state index contributed by atoms with van der Waals surface area (Å²) in [5.74, 6) is -0.657. The van der Waals surface area contributed by atoms with E-state index in [1.807, 2.05) is 77.1 Å². The average Bonchev–Trinajstić information content (AvgIpc) is 2.93. The van der Waals surface area contributed by atoms with Crippen molar-refractivity contribution in [3.05, 3.63) is 95.1 Å². The van der Waals surface area contributed by atoms with Gasteiger partial charge in [0.2, 0.25) is 11.8 Å². The molecule has 214 valence electrons. The summed E-state index contributed by atoms with van der Waals surface area (Å²) < 4.78 is 29.2. The van der Waals surface area contributed by atoms with Crippen LogP contribution in [0.25, 0.3) is 0 Å². The highest BCUT2D eigenvalue weighted by Crippen LogP contribution is 2.28. The third-order valence-electron chi connectivity index (χ3n) is 6.93. The lowest BCUT2D eigenvalue weighted by atomic mass is 10.1. The summed E-state index contributed by atoms with van der Waals surface area (Å²) in [6.45, 7) is 9.87. The van der Waals surface area contributed by atoms with Crippen molar-refractivity contribution in [2.75, 3.05) is 23.9 Å². The number of hydrogen-bond acceptors (Lipinski definition) is 4. The van der Waals surface area contributed by atoms with Crippen LogP contribution in [0.15, 0.2) is 77.7 Å². The number of sulfonamides is 1. The molecule has 0 aromatic heterocycles. The number of rotatable bonds is 13. The van der Waals surface area contributed by atoms with Crippen molar-refractivity contribution in [2.24, 2.45) is 0 Å². The Hall–Kier alpha value is -3.65. The normalized spacial score (nSPS) is 12.0. The molecule has 1 atom stereocenters. The van der Waals surface area contributed by atoms with E-state index in [1.165, 1.54) is 4.31 Å². The quantitative estimate of drug-likeness (QED) is 0.310. The molecule has 0 bridgehead atoms. The Morgan fingerprint density at radius 3 is 2.12 bits per heavy atom. The van der Waals surface area contributed by atoms with E-state index in [9.17, 15) is 18.0 Å². The van der Waals surface area contributed by atoms with Gasteiger partial charge in [0.1, 0.15) is 12.6 Å². The molecule has 7 nitrogen and oxygen atoms in total. The van der Waals surface area contributed by atoms with Gasteiger partial charge >= 0.3 is 0 Å². The molecule has 0 aliphatic carbocycles. The zero-order chi connectivity index (χ0) is 29.3. The third-order valence-corrected chi connectivity index (χ3v) is 8.70. The van der Waals surface area contributed by atoms with E-state index in [0.717, 1.165) is 28.7 Å². The smallest absolute Gasteiger partial charge is 0.264 e. The van der Waals surface area contributed by atoms with Crippen LogP contribution in [0.1, 0.15) is 48.9 Å². The van der Waals surface area contributed by atoms with Crippen LogP contribution in [0, 0.1) is 20.8 Å². The number of carbonyl (C=O) groups is 2. The highest BCUT2D eigenvalue weighted by molar-refractivity contribution is 7.92. The van der Waals surface area contributed by atoms with Gasteiger partial charge in [-0.1, -0.05) is 79.6 Å². The molecule has 0 unspecified atom stereocenters. The second-order valence-corrected chi connectivity index (χ2v) is 12.0. The Bertz CT molecular complexity index is 1390. The summed E-state index contributed by atoms with van der Waals surface area (Å²) >= 11 is 0. The zero-order valence-electron chi connectivity index (χ0n) is 24.2. The van der Waals surface area contributed by atoms with Crippen molar-refractivity contribution in [1.82, 2.24) is 10.2 Å². The van der Waals surface area contributed by atoms with Crippen LogP contribution in [-0.4, -0.2) is 50.8 Å². The number of hydrogen-bond donors (Lipinski definition) is 1. The first kappa shape index (κ1) is 30.9. The highest BCUT2D eigenvalue weighted by Gasteiger charge is 2.33. The molecule has 0 aliphatic rings. The summed E-state index contributed by atoms with van der Waals surface area (Å²) in [6.07, 6.45) is 1.72. The van der Waals surface area contributed by atoms with Gasteiger partial charge in [-0.3, -0.25) is 13.9 Å². The second-order valence-electron chi connectivity index (χ2n) is 10.2. The van der Waals surface area contributed by atoms with Crippen LogP contribution >= 0.6 is 0 Å².